The number of carbonyl (C=O) groups excluding carboxylic acids is 1. The van der Waals surface area contributed by atoms with Crippen molar-refractivity contribution in [1.29, 1.82) is 0 Å². The van der Waals surface area contributed by atoms with E-state index >= 15 is 0 Å². The van der Waals surface area contributed by atoms with Crippen LogP contribution in [0.1, 0.15) is 12.5 Å². The van der Waals surface area contributed by atoms with Gasteiger partial charge >= 0.3 is 22.4 Å². The fourth-order valence-electron chi connectivity index (χ4n) is 2.02. The molecule has 27 heavy (non-hydrogen) atoms. The maximum absolute atomic E-state index is 13.1. The second-order valence-corrected chi connectivity index (χ2v) is 7.00. The number of alkyl halides is 3. The normalized spacial score (nSPS) is 11.7. The molecule has 0 spiro atoms. The minimum absolute atomic E-state index is 0.118. The van der Waals surface area contributed by atoms with Crippen molar-refractivity contribution in [3.63, 3.8) is 0 Å². The molecule has 2 aromatic rings. The van der Waals surface area contributed by atoms with E-state index in [2.05, 4.69) is 10.1 Å². The third-order valence-corrected chi connectivity index (χ3v) is 4.62. The van der Waals surface area contributed by atoms with E-state index < -0.39 is 32.8 Å². The molecule has 0 aliphatic rings. The third-order valence-electron chi connectivity index (χ3n) is 3.08. The van der Waals surface area contributed by atoms with Crippen LogP contribution in [-0.2, 0) is 21.0 Å². The van der Waals surface area contributed by atoms with Crippen molar-refractivity contribution in [1.82, 2.24) is 0 Å². The summed E-state index contributed by atoms with van der Waals surface area (Å²) in [5, 5.41) is 2.04. The third kappa shape index (κ3) is 5.51. The molecule has 6 nitrogen and oxygen atoms in total. The Hall–Kier alpha value is -2.46. The van der Waals surface area contributed by atoms with Gasteiger partial charge in [0.2, 0.25) is 0 Å². The minimum Gasteiger partial charge on any atom is -0.450 e. The van der Waals surface area contributed by atoms with Crippen LogP contribution in [0.5, 0.6) is 5.75 Å². The second kappa shape index (κ2) is 8.05. The van der Waals surface area contributed by atoms with E-state index in [1.165, 1.54) is 18.2 Å². The number of carbonyl (C=O) groups is 1. The smallest absolute Gasteiger partial charge is 0.417 e. The zero-order valence-corrected chi connectivity index (χ0v) is 15.3. The number of ether oxygens (including phenoxy) is 1. The van der Waals surface area contributed by atoms with Gasteiger partial charge in [-0.2, -0.15) is 21.6 Å². The predicted octanol–water partition coefficient (Wildman–Crippen LogP) is 4.69. The first kappa shape index (κ1) is 20.8. The van der Waals surface area contributed by atoms with Crippen LogP contribution in [0, 0.1) is 0 Å². The number of rotatable bonds is 5. The monoisotopic (exact) mass is 423 g/mol. The van der Waals surface area contributed by atoms with Gasteiger partial charge < -0.3 is 8.92 Å². The van der Waals surface area contributed by atoms with Crippen LogP contribution in [0.25, 0.3) is 0 Å². The first-order chi connectivity index (χ1) is 12.5. The minimum atomic E-state index is -4.95. The van der Waals surface area contributed by atoms with Crippen molar-refractivity contribution in [3.8, 4) is 5.75 Å². The summed E-state index contributed by atoms with van der Waals surface area (Å²) in [5.74, 6) is -0.299. The molecule has 0 atom stereocenters. The maximum Gasteiger partial charge on any atom is 0.417 e. The fraction of sp³-hybridized carbons (Fsp3) is 0.188. The molecule has 0 saturated carbocycles. The molecule has 11 heteroatoms. The number of anilines is 1. The van der Waals surface area contributed by atoms with E-state index in [1.54, 1.807) is 6.92 Å². The summed E-state index contributed by atoms with van der Waals surface area (Å²) in [6.45, 7) is 1.71. The van der Waals surface area contributed by atoms with Crippen LogP contribution >= 0.6 is 11.6 Å². The van der Waals surface area contributed by atoms with Gasteiger partial charge in [-0.05, 0) is 37.3 Å². The molecule has 0 heterocycles. The van der Waals surface area contributed by atoms with Crippen LogP contribution in [-0.4, -0.2) is 21.1 Å². The van der Waals surface area contributed by atoms with Gasteiger partial charge in [0.15, 0.2) is 0 Å². The lowest BCUT2D eigenvalue weighted by molar-refractivity contribution is -0.139. The van der Waals surface area contributed by atoms with Crippen molar-refractivity contribution in [2.75, 3.05) is 11.9 Å². The van der Waals surface area contributed by atoms with Crippen LogP contribution in [0.4, 0.5) is 23.7 Å². The Bertz CT molecular complexity index is 947. The number of hydrogen-bond acceptors (Lipinski definition) is 5. The van der Waals surface area contributed by atoms with Crippen LogP contribution in [0.15, 0.2) is 47.4 Å². The lowest BCUT2D eigenvalue weighted by atomic mass is 10.2. The van der Waals surface area contributed by atoms with Gasteiger partial charge in [0.25, 0.3) is 0 Å². The molecule has 0 unspecified atom stereocenters. The second-order valence-electron chi connectivity index (χ2n) is 5.05. The lowest BCUT2D eigenvalue weighted by Crippen LogP contribution is -2.17. The predicted molar refractivity (Wildman–Crippen MR) is 91.4 cm³/mol. The molecule has 2 rings (SSSR count). The van der Waals surface area contributed by atoms with Crippen LogP contribution < -0.4 is 9.50 Å². The molecule has 0 aliphatic carbocycles. The van der Waals surface area contributed by atoms with E-state index in [1.807, 2.05) is 0 Å². The zero-order chi connectivity index (χ0) is 20.2. The fourth-order valence-corrected chi connectivity index (χ4v) is 3.32. The number of nitrogens with one attached hydrogen (secondary N) is 1. The average Bonchev–Trinajstić information content (AvgIpc) is 2.53. The van der Waals surface area contributed by atoms with Crippen molar-refractivity contribution in [2.45, 2.75) is 18.0 Å². The highest BCUT2D eigenvalue weighted by molar-refractivity contribution is 7.87. The van der Waals surface area contributed by atoms with Crippen LogP contribution in [0.3, 0.4) is 0 Å². The summed E-state index contributed by atoms with van der Waals surface area (Å²) in [6, 6.07) is 7.30. The Morgan fingerprint density at radius 1 is 1.19 bits per heavy atom. The molecule has 0 aromatic heterocycles. The molecule has 2 aromatic carbocycles. The van der Waals surface area contributed by atoms with Crippen molar-refractivity contribution >= 4 is 33.5 Å². The SMILES string of the molecule is CCOC(=O)Nc1cccc(OS(=O)(=O)c2ccc(Cl)cc2C(F)(F)F)c1. The van der Waals surface area contributed by atoms with E-state index in [0.717, 1.165) is 12.1 Å². The summed E-state index contributed by atoms with van der Waals surface area (Å²) in [7, 11) is -4.82. The van der Waals surface area contributed by atoms with Gasteiger partial charge in [0.05, 0.1) is 12.2 Å². The molecule has 0 fully saturated rings. The summed E-state index contributed by atoms with van der Waals surface area (Å²) in [5.41, 5.74) is -1.32. The van der Waals surface area contributed by atoms with Crippen LogP contribution in [0.2, 0.25) is 5.02 Å². The molecule has 0 aliphatic heterocycles. The van der Waals surface area contributed by atoms with Crippen molar-refractivity contribution in [3.05, 3.63) is 53.1 Å². The van der Waals surface area contributed by atoms with E-state index in [-0.39, 0.29) is 23.1 Å². The van der Waals surface area contributed by atoms with Gasteiger partial charge in [-0.3, -0.25) is 5.32 Å². The summed E-state index contributed by atoms with van der Waals surface area (Å²) in [4.78, 5) is 10.3. The highest BCUT2D eigenvalue weighted by Gasteiger charge is 2.38. The van der Waals surface area contributed by atoms with Gasteiger partial charge in [-0.25, -0.2) is 4.79 Å². The zero-order valence-electron chi connectivity index (χ0n) is 13.7. The first-order valence-electron chi connectivity index (χ1n) is 7.38. The Labute approximate surface area is 158 Å². The van der Waals surface area contributed by atoms with E-state index in [4.69, 9.17) is 15.8 Å². The molecule has 1 N–H and O–H groups in total. The Morgan fingerprint density at radius 2 is 1.89 bits per heavy atom. The summed E-state index contributed by atoms with van der Waals surface area (Å²) < 4.78 is 73.5. The molecule has 0 bridgehead atoms. The van der Waals surface area contributed by atoms with E-state index in [0.29, 0.717) is 12.1 Å². The number of amides is 1. The number of hydrogen-bond donors (Lipinski definition) is 1. The average molecular weight is 424 g/mol. The quantitative estimate of drug-likeness (QED) is 0.705. The summed E-state index contributed by atoms with van der Waals surface area (Å²) >= 11 is 5.54. The lowest BCUT2D eigenvalue weighted by Gasteiger charge is -2.14. The Balaban J connectivity index is 2.34. The molecule has 1 amide bonds. The molecule has 0 radical (unpaired) electrons. The summed E-state index contributed by atoms with van der Waals surface area (Å²) in [6.07, 6.45) is -5.74. The molecule has 146 valence electrons. The van der Waals surface area contributed by atoms with Gasteiger partial charge in [0.1, 0.15) is 10.6 Å². The largest absolute Gasteiger partial charge is 0.450 e. The Morgan fingerprint density at radius 3 is 2.52 bits per heavy atom. The number of halogens is 4. The molecular weight excluding hydrogens is 411 g/mol. The molecule has 0 saturated heterocycles. The van der Waals surface area contributed by atoms with E-state index in [9.17, 15) is 26.4 Å². The van der Waals surface area contributed by atoms with Gasteiger partial charge in [0, 0.05) is 16.8 Å². The highest BCUT2D eigenvalue weighted by atomic mass is 35.5. The van der Waals surface area contributed by atoms with Gasteiger partial charge in [-0.1, -0.05) is 17.7 Å². The Kier molecular flexibility index (Phi) is 6.22. The topological polar surface area (TPSA) is 81.7 Å². The van der Waals surface area contributed by atoms with Crippen molar-refractivity contribution < 1.29 is 35.3 Å². The highest BCUT2D eigenvalue weighted by Crippen LogP contribution is 2.36. The molecular formula is C16H13ClF3NO5S. The number of benzene rings is 2. The standard InChI is InChI=1S/C16H13ClF3NO5S/c1-2-25-15(22)21-11-4-3-5-12(9-11)26-27(23,24)14-7-6-10(17)8-13(14)16(18,19)20/h3-9H,2H2,1H3,(H,21,22). The first-order valence-corrected chi connectivity index (χ1v) is 9.16. The van der Waals surface area contributed by atoms with Gasteiger partial charge in [-0.15, -0.1) is 0 Å². The van der Waals surface area contributed by atoms with Crippen molar-refractivity contribution in [2.24, 2.45) is 0 Å². The maximum atomic E-state index is 13.1.